The molecule has 0 amide bonds. The van der Waals surface area contributed by atoms with Crippen molar-refractivity contribution in [1.29, 1.82) is 0 Å². The van der Waals surface area contributed by atoms with Gasteiger partial charge in [-0.15, -0.1) is 0 Å². The van der Waals surface area contributed by atoms with Gasteiger partial charge in [0, 0.05) is 44.5 Å². The molecule has 2 heterocycles. The summed E-state index contributed by atoms with van der Waals surface area (Å²) < 4.78 is 13.3. The van der Waals surface area contributed by atoms with Gasteiger partial charge < -0.3 is 4.90 Å². The van der Waals surface area contributed by atoms with Crippen LogP contribution in [0, 0.1) is 5.82 Å². The maximum absolute atomic E-state index is 13.3. The monoisotopic (exact) mass is 209 g/mol. The molecule has 0 N–H and O–H groups in total. The Kier molecular flexibility index (Phi) is 3.28. The fraction of sp³-hybridized carbons (Fsp3) is 0.545. The van der Waals surface area contributed by atoms with Gasteiger partial charge in [-0.2, -0.15) is 0 Å². The molecule has 0 radical (unpaired) electrons. The molecule has 0 aliphatic carbocycles. The minimum absolute atomic E-state index is 0.198. The standard InChI is InChI=1S/C11H16FN3/c1-14-4-6-15(7-5-14)9-10-2-3-13-8-11(10)12/h2-3,8H,4-7,9H2,1H3. The molecule has 0 aromatic carbocycles. The lowest BCUT2D eigenvalue weighted by Gasteiger charge is -2.32. The van der Waals surface area contributed by atoms with E-state index < -0.39 is 0 Å². The number of hydrogen-bond acceptors (Lipinski definition) is 3. The Morgan fingerprint density at radius 3 is 2.73 bits per heavy atom. The number of halogens is 1. The maximum atomic E-state index is 13.3. The van der Waals surface area contributed by atoms with Gasteiger partial charge in [0.1, 0.15) is 5.82 Å². The SMILES string of the molecule is CN1CCN(Cc2ccncc2F)CC1. The van der Waals surface area contributed by atoms with Crippen LogP contribution >= 0.6 is 0 Å². The highest BCUT2D eigenvalue weighted by molar-refractivity contribution is 5.12. The lowest BCUT2D eigenvalue weighted by Crippen LogP contribution is -2.44. The summed E-state index contributed by atoms with van der Waals surface area (Å²) in [6.45, 7) is 4.85. The lowest BCUT2D eigenvalue weighted by molar-refractivity contribution is 0.147. The van der Waals surface area contributed by atoms with E-state index in [4.69, 9.17) is 0 Å². The lowest BCUT2D eigenvalue weighted by atomic mass is 10.2. The van der Waals surface area contributed by atoms with E-state index >= 15 is 0 Å². The number of aromatic nitrogens is 1. The highest BCUT2D eigenvalue weighted by Crippen LogP contribution is 2.10. The van der Waals surface area contributed by atoms with Crippen LogP contribution in [0.2, 0.25) is 0 Å². The first-order chi connectivity index (χ1) is 7.25. The Hall–Kier alpha value is -1.00. The fourth-order valence-electron chi connectivity index (χ4n) is 1.78. The first-order valence-electron chi connectivity index (χ1n) is 5.25. The van der Waals surface area contributed by atoms with Gasteiger partial charge in [0.25, 0.3) is 0 Å². The van der Waals surface area contributed by atoms with Crippen molar-refractivity contribution < 1.29 is 4.39 Å². The minimum atomic E-state index is -0.198. The zero-order valence-corrected chi connectivity index (χ0v) is 8.99. The van der Waals surface area contributed by atoms with Gasteiger partial charge in [0.05, 0.1) is 6.20 Å². The Morgan fingerprint density at radius 2 is 2.07 bits per heavy atom. The van der Waals surface area contributed by atoms with Gasteiger partial charge in [0.15, 0.2) is 0 Å². The smallest absolute Gasteiger partial charge is 0.145 e. The zero-order chi connectivity index (χ0) is 10.7. The average molecular weight is 209 g/mol. The highest BCUT2D eigenvalue weighted by Gasteiger charge is 2.15. The fourth-order valence-corrected chi connectivity index (χ4v) is 1.78. The van der Waals surface area contributed by atoms with Crippen LogP contribution in [-0.4, -0.2) is 48.0 Å². The van der Waals surface area contributed by atoms with E-state index in [1.54, 1.807) is 12.3 Å². The Labute approximate surface area is 89.5 Å². The van der Waals surface area contributed by atoms with Crippen LogP contribution in [0.5, 0.6) is 0 Å². The molecule has 0 spiro atoms. The average Bonchev–Trinajstić information content (AvgIpc) is 2.25. The maximum Gasteiger partial charge on any atom is 0.145 e. The van der Waals surface area contributed by atoms with E-state index in [1.807, 2.05) is 0 Å². The molecule has 1 aliphatic rings. The van der Waals surface area contributed by atoms with E-state index in [1.165, 1.54) is 6.20 Å². The van der Waals surface area contributed by atoms with Gasteiger partial charge in [-0.1, -0.05) is 0 Å². The number of likely N-dealkylation sites (N-methyl/N-ethyl adjacent to an activating group) is 1. The molecule has 0 unspecified atom stereocenters. The third kappa shape index (κ3) is 2.73. The molecule has 0 saturated carbocycles. The van der Waals surface area contributed by atoms with Crippen molar-refractivity contribution in [3.05, 3.63) is 29.8 Å². The Morgan fingerprint density at radius 1 is 1.33 bits per heavy atom. The molecular weight excluding hydrogens is 193 g/mol. The van der Waals surface area contributed by atoms with Crippen molar-refractivity contribution >= 4 is 0 Å². The number of piperazine rings is 1. The minimum Gasteiger partial charge on any atom is -0.304 e. The highest BCUT2D eigenvalue weighted by atomic mass is 19.1. The van der Waals surface area contributed by atoms with Crippen LogP contribution in [0.4, 0.5) is 4.39 Å². The Balaban J connectivity index is 1.95. The molecule has 1 aromatic rings. The number of hydrogen-bond donors (Lipinski definition) is 0. The summed E-state index contributed by atoms with van der Waals surface area (Å²) in [5.74, 6) is -0.198. The molecule has 2 rings (SSSR count). The van der Waals surface area contributed by atoms with Crippen molar-refractivity contribution in [2.24, 2.45) is 0 Å². The summed E-state index contributed by atoms with van der Waals surface area (Å²) in [5, 5.41) is 0. The second-order valence-electron chi connectivity index (χ2n) is 4.05. The second-order valence-corrected chi connectivity index (χ2v) is 4.05. The van der Waals surface area contributed by atoms with E-state index in [2.05, 4.69) is 21.8 Å². The summed E-state index contributed by atoms with van der Waals surface area (Å²) in [4.78, 5) is 8.32. The topological polar surface area (TPSA) is 19.4 Å². The van der Waals surface area contributed by atoms with E-state index in [0.29, 0.717) is 6.54 Å². The van der Waals surface area contributed by atoms with Crippen molar-refractivity contribution in [2.45, 2.75) is 6.54 Å². The van der Waals surface area contributed by atoms with Crippen molar-refractivity contribution in [3.63, 3.8) is 0 Å². The van der Waals surface area contributed by atoms with Crippen LogP contribution in [0.25, 0.3) is 0 Å². The molecule has 0 atom stereocenters. The van der Waals surface area contributed by atoms with Gasteiger partial charge in [-0.05, 0) is 13.1 Å². The summed E-state index contributed by atoms with van der Waals surface area (Å²) in [6.07, 6.45) is 2.93. The first kappa shape index (κ1) is 10.5. The molecule has 1 fully saturated rings. The molecule has 82 valence electrons. The van der Waals surface area contributed by atoms with Gasteiger partial charge in [-0.25, -0.2) is 4.39 Å². The van der Waals surface area contributed by atoms with Crippen LogP contribution in [0.15, 0.2) is 18.5 Å². The molecule has 4 heteroatoms. The zero-order valence-electron chi connectivity index (χ0n) is 8.99. The van der Waals surface area contributed by atoms with E-state index in [-0.39, 0.29) is 5.82 Å². The summed E-state index contributed by atoms with van der Waals surface area (Å²) in [6, 6.07) is 1.76. The van der Waals surface area contributed by atoms with Gasteiger partial charge >= 0.3 is 0 Å². The quantitative estimate of drug-likeness (QED) is 0.723. The molecule has 1 saturated heterocycles. The summed E-state index contributed by atoms with van der Waals surface area (Å²) in [7, 11) is 2.12. The van der Waals surface area contributed by atoms with Gasteiger partial charge in [-0.3, -0.25) is 9.88 Å². The van der Waals surface area contributed by atoms with Gasteiger partial charge in [0.2, 0.25) is 0 Å². The first-order valence-corrected chi connectivity index (χ1v) is 5.25. The molecular formula is C11H16FN3. The van der Waals surface area contributed by atoms with E-state index in [0.717, 1.165) is 31.7 Å². The third-order valence-electron chi connectivity index (χ3n) is 2.85. The molecule has 1 aromatic heterocycles. The summed E-state index contributed by atoms with van der Waals surface area (Å²) in [5.41, 5.74) is 0.745. The molecule has 15 heavy (non-hydrogen) atoms. The number of rotatable bonds is 2. The van der Waals surface area contributed by atoms with E-state index in [9.17, 15) is 4.39 Å². The van der Waals surface area contributed by atoms with Crippen LogP contribution in [0.1, 0.15) is 5.56 Å². The summed E-state index contributed by atoms with van der Waals surface area (Å²) >= 11 is 0. The van der Waals surface area contributed by atoms with Crippen molar-refractivity contribution in [2.75, 3.05) is 33.2 Å². The van der Waals surface area contributed by atoms with Crippen LogP contribution in [0.3, 0.4) is 0 Å². The largest absolute Gasteiger partial charge is 0.304 e. The van der Waals surface area contributed by atoms with Crippen LogP contribution in [-0.2, 0) is 6.54 Å². The predicted octanol–water partition coefficient (Wildman–Crippen LogP) is 0.968. The predicted molar refractivity (Wildman–Crippen MR) is 57.0 cm³/mol. The van der Waals surface area contributed by atoms with Crippen molar-refractivity contribution in [3.8, 4) is 0 Å². The second kappa shape index (κ2) is 4.68. The van der Waals surface area contributed by atoms with Crippen molar-refractivity contribution in [1.82, 2.24) is 14.8 Å². The normalized spacial score (nSPS) is 19.3. The third-order valence-corrected chi connectivity index (χ3v) is 2.85. The molecule has 0 bridgehead atoms. The number of pyridine rings is 1. The Bertz CT molecular complexity index is 321. The molecule has 3 nitrogen and oxygen atoms in total. The molecule has 1 aliphatic heterocycles. The van der Waals surface area contributed by atoms with Crippen LogP contribution < -0.4 is 0 Å². The number of nitrogens with zero attached hydrogens (tertiary/aromatic N) is 3.